The number of amides is 1. The van der Waals surface area contributed by atoms with Gasteiger partial charge in [-0.3, -0.25) is 14.2 Å². The van der Waals surface area contributed by atoms with Crippen molar-refractivity contribution in [2.45, 2.75) is 12.7 Å². The first-order chi connectivity index (χ1) is 15.9. The van der Waals surface area contributed by atoms with Crippen LogP contribution in [0.1, 0.15) is 11.3 Å². The summed E-state index contributed by atoms with van der Waals surface area (Å²) in [6.45, 7) is -0.633. The number of ether oxygens (including phenoxy) is 1. The summed E-state index contributed by atoms with van der Waals surface area (Å²) >= 11 is 5.83. The lowest BCUT2D eigenvalue weighted by Gasteiger charge is -2.15. The second-order valence-corrected chi connectivity index (χ2v) is 6.89. The molecule has 0 atom stereocenters. The second-order valence-electron chi connectivity index (χ2n) is 6.46. The highest BCUT2D eigenvalue weighted by Crippen LogP contribution is 2.35. The van der Waals surface area contributed by atoms with Crippen molar-refractivity contribution in [1.29, 1.82) is 16.1 Å². The van der Waals surface area contributed by atoms with Gasteiger partial charge >= 0.3 is 6.18 Å². The number of benzene rings is 1. The van der Waals surface area contributed by atoms with E-state index in [2.05, 4.69) is 4.98 Å². The van der Waals surface area contributed by atoms with Crippen LogP contribution in [0.15, 0.2) is 52.7 Å². The van der Waals surface area contributed by atoms with Crippen molar-refractivity contribution in [2.75, 3.05) is 0 Å². The van der Waals surface area contributed by atoms with Gasteiger partial charge in [-0.25, -0.2) is 4.98 Å². The summed E-state index contributed by atoms with van der Waals surface area (Å²) in [7, 11) is 0. The topological polar surface area (TPSA) is 185 Å². The Bertz CT molecular complexity index is 1320. The predicted octanol–water partition coefficient (Wildman–Crippen LogP) is 2.50. The Hall–Kier alpha value is -4.44. The fraction of sp³-hybridized carbons (Fsp3) is 0.100. The molecule has 34 heavy (non-hydrogen) atoms. The Morgan fingerprint density at radius 2 is 2.03 bits per heavy atom. The maximum absolute atomic E-state index is 13.5. The molecule has 0 saturated heterocycles. The quantitative estimate of drug-likeness (QED) is 0.248. The van der Waals surface area contributed by atoms with Crippen LogP contribution in [-0.4, -0.2) is 27.4 Å². The number of allylic oxidation sites excluding steroid dienone is 1. The van der Waals surface area contributed by atoms with Gasteiger partial charge in [0.15, 0.2) is 5.69 Å². The minimum absolute atomic E-state index is 0.0207. The van der Waals surface area contributed by atoms with Gasteiger partial charge in [0.05, 0.1) is 35.8 Å². The fourth-order valence-electron chi connectivity index (χ4n) is 2.60. The number of nitrogens with zero attached hydrogens (tertiary/aromatic N) is 3. The summed E-state index contributed by atoms with van der Waals surface area (Å²) in [6.07, 6.45) is -1.99. The van der Waals surface area contributed by atoms with Gasteiger partial charge in [-0.1, -0.05) is 11.6 Å². The Morgan fingerprint density at radius 3 is 2.56 bits per heavy atom. The molecular weight excluding hydrogens is 479 g/mol. The van der Waals surface area contributed by atoms with E-state index in [1.807, 2.05) is 0 Å². The summed E-state index contributed by atoms with van der Waals surface area (Å²) in [5.74, 6) is -2.56. The van der Waals surface area contributed by atoms with Gasteiger partial charge in [0.1, 0.15) is 5.75 Å². The van der Waals surface area contributed by atoms with E-state index >= 15 is 0 Å². The maximum atomic E-state index is 13.5. The van der Waals surface area contributed by atoms with Crippen molar-refractivity contribution in [1.82, 2.24) is 9.55 Å². The molecular formula is C20H15ClF3N7O3. The van der Waals surface area contributed by atoms with Crippen LogP contribution in [0.25, 0.3) is 0 Å². The predicted molar refractivity (Wildman–Crippen MR) is 116 cm³/mol. The zero-order valence-electron chi connectivity index (χ0n) is 17.0. The van der Waals surface area contributed by atoms with Gasteiger partial charge in [-0.2, -0.15) is 18.4 Å². The van der Waals surface area contributed by atoms with Gasteiger partial charge in [0.2, 0.25) is 11.7 Å². The highest BCUT2D eigenvalue weighted by atomic mass is 35.5. The number of alkyl halides is 3. The molecule has 14 heteroatoms. The number of primary amides is 1. The van der Waals surface area contributed by atoms with Gasteiger partial charge < -0.3 is 27.0 Å². The first-order valence-electron chi connectivity index (χ1n) is 8.98. The van der Waals surface area contributed by atoms with Crippen LogP contribution in [0.4, 0.5) is 13.2 Å². The van der Waals surface area contributed by atoms with E-state index in [1.54, 1.807) is 6.07 Å². The third-order valence-electron chi connectivity index (χ3n) is 4.06. The molecule has 0 aliphatic heterocycles. The molecule has 0 spiro atoms. The highest BCUT2D eigenvalue weighted by Gasteiger charge is 2.38. The van der Waals surface area contributed by atoms with Crippen LogP contribution >= 0.6 is 11.6 Å². The molecule has 1 amide bonds. The Morgan fingerprint density at radius 1 is 1.35 bits per heavy atom. The van der Waals surface area contributed by atoms with Gasteiger partial charge in [0.25, 0.3) is 5.56 Å². The molecule has 2 rings (SSSR count). The third kappa shape index (κ3) is 6.08. The Labute approximate surface area is 194 Å². The van der Waals surface area contributed by atoms with Crippen LogP contribution in [-0.2, 0) is 17.5 Å². The summed E-state index contributed by atoms with van der Waals surface area (Å²) in [6, 6.07) is 5.16. The number of nitrogens with two attached hydrogens (primary N) is 2. The number of nitrogens with one attached hydrogen (secondary N) is 2. The van der Waals surface area contributed by atoms with Crippen molar-refractivity contribution in [3.8, 4) is 17.6 Å². The molecule has 6 N–H and O–H groups in total. The van der Waals surface area contributed by atoms with Crippen molar-refractivity contribution in [3.05, 3.63) is 74.6 Å². The first kappa shape index (κ1) is 25.8. The highest BCUT2D eigenvalue weighted by molar-refractivity contribution is 6.30. The van der Waals surface area contributed by atoms with Crippen molar-refractivity contribution in [2.24, 2.45) is 11.5 Å². The maximum Gasteiger partial charge on any atom is 0.437 e. The largest absolute Gasteiger partial charge is 0.449 e. The van der Waals surface area contributed by atoms with E-state index in [0.29, 0.717) is 17.1 Å². The van der Waals surface area contributed by atoms with Gasteiger partial charge in [-0.15, -0.1) is 0 Å². The molecule has 0 unspecified atom stereocenters. The summed E-state index contributed by atoms with van der Waals surface area (Å²) in [5, 5.41) is 24.2. The van der Waals surface area contributed by atoms with Gasteiger partial charge in [-0.05, 0) is 24.3 Å². The van der Waals surface area contributed by atoms with E-state index in [9.17, 15) is 22.8 Å². The van der Waals surface area contributed by atoms with E-state index in [0.717, 1.165) is 24.4 Å². The van der Waals surface area contributed by atoms with E-state index in [4.69, 9.17) is 43.9 Å². The molecule has 176 valence electrons. The molecule has 0 aliphatic rings. The number of carbonyl (C=O) groups excluding carboxylic acids is 1. The van der Waals surface area contributed by atoms with Crippen LogP contribution in [0.3, 0.4) is 0 Å². The third-order valence-corrected chi connectivity index (χ3v) is 4.27. The summed E-state index contributed by atoms with van der Waals surface area (Å²) in [5.41, 5.74) is 6.66. The van der Waals surface area contributed by atoms with Crippen molar-refractivity contribution < 1.29 is 22.7 Å². The van der Waals surface area contributed by atoms with Crippen LogP contribution < -0.4 is 21.8 Å². The van der Waals surface area contributed by atoms with E-state index in [-0.39, 0.29) is 27.5 Å². The SMILES string of the molecule is N#Cc1cc(Cl)cc(Oc2c(C(F)(F)F)ncn(CC(=N)/C=C(C(N)=O)/C(C=N)=C/N)c2=O)c1. The Kier molecular flexibility index (Phi) is 7.94. The molecule has 0 saturated carbocycles. The smallest absolute Gasteiger partial charge is 0.437 e. The van der Waals surface area contributed by atoms with Crippen molar-refractivity contribution in [3.63, 3.8) is 0 Å². The molecule has 0 bridgehead atoms. The Balaban J connectivity index is 2.56. The lowest BCUT2D eigenvalue weighted by molar-refractivity contribution is -0.142. The molecule has 0 radical (unpaired) electrons. The van der Waals surface area contributed by atoms with E-state index in [1.165, 1.54) is 6.07 Å². The van der Waals surface area contributed by atoms with E-state index < -0.39 is 41.3 Å². The van der Waals surface area contributed by atoms with Crippen molar-refractivity contribution >= 4 is 29.4 Å². The molecule has 10 nitrogen and oxygen atoms in total. The van der Waals surface area contributed by atoms with Crippen LogP contribution in [0, 0.1) is 22.1 Å². The number of hydrogen-bond acceptors (Lipinski definition) is 8. The molecule has 0 fully saturated rings. The average Bonchev–Trinajstić information content (AvgIpc) is 2.75. The molecule has 1 aromatic carbocycles. The number of carbonyl (C=O) groups is 1. The monoisotopic (exact) mass is 493 g/mol. The molecule has 0 aliphatic carbocycles. The van der Waals surface area contributed by atoms with Gasteiger partial charge in [0, 0.05) is 23.0 Å². The standard InChI is InChI=1S/C20H15ClF3N7O3/c21-12-1-10(5-25)2-14(3-12)34-16-17(20(22,23)24)30-9-31(19(16)33)8-13(28)4-15(18(29)32)11(6-26)7-27/h1-4,6-7,9,26,28H,8,27H2,(H2,29,32)/b11-7+,15-4-,26-6?,28-13?. The minimum Gasteiger partial charge on any atom is -0.449 e. The average molecular weight is 494 g/mol. The number of hydrogen-bond donors (Lipinski definition) is 4. The van der Waals surface area contributed by atoms with Crippen LogP contribution in [0.2, 0.25) is 5.02 Å². The zero-order chi connectivity index (χ0) is 25.6. The lowest BCUT2D eigenvalue weighted by atomic mass is 10.1. The van der Waals surface area contributed by atoms with Crippen LogP contribution in [0.5, 0.6) is 11.5 Å². The first-order valence-corrected chi connectivity index (χ1v) is 9.35. The second kappa shape index (κ2) is 10.5. The minimum atomic E-state index is -5.07. The normalized spacial score (nSPS) is 12.1. The summed E-state index contributed by atoms with van der Waals surface area (Å²) < 4.78 is 46.2. The molecule has 1 aromatic heterocycles. The number of halogens is 4. The number of rotatable bonds is 8. The summed E-state index contributed by atoms with van der Waals surface area (Å²) in [4.78, 5) is 27.7. The number of nitriles is 1. The fourth-order valence-corrected chi connectivity index (χ4v) is 2.82. The zero-order valence-corrected chi connectivity index (χ0v) is 17.7. The molecule has 2 aromatic rings. The number of aromatic nitrogens is 2. The molecule has 1 heterocycles. The lowest BCUT2D eigenvalue weighted by Crippen LogP contribution is -2.28.